The summed E-state index contributed by atoms with van der Waals surface area (Å²) >= 11 is 0. The van der Waals surface area contributed by atoms with Crippen molar-refractivity contribution < 1.29 is 28.3 Å². The van der Waals surface area contributed by atoms with Crippen LogP contribution in [0.3, 0.4) is 0 Å². The lowest BCUT2D eigenvalue weighted by molar-refractivity contribution is -0.139. The number of halogens is 1. The lowest BCUT2D eigenvalue weighted by Crippen LogP contribution is -2.50. The van der Waals surface area contributed by atoms with Crippen LogP contribution in [0.15, 0.2) is 109 Å². The van der Waals surface area contributed by atoms with E-state index in [4.69, 9.17) is 4.74 Å². The van der Waals surface area contributed by atoms with Crippen LogP contribution in [-0.4, -0.2) is 35.7 Å². The molecule has 0 aromatic heterocycles. The number of carbonyl (C=O) groups excluding carboxylic acids is 4. The van der Waals surface area contributed by atoms with Crippen LogP contribution >= 0.6 is 0 Å². The molecular weight excluding hydrogens is 535 g/mol. The summed E-state index contributed by atoms with van der Waals surface area (Å²) < 4.78 is 19.4. The fourth-order valence-electron chi connectivity index (χ4n) is 6.24. The molecule has 0 saturated carbocycles. The molecule has 0 bridgehead atoms. The number of carbonyl (C=O) groups is 4. The monoisotopic (exact) mass is 558 g/mol. The van der Waals surface area contributed by atoms with Crippen LogP contribution in [-0.2, 0) is 14.4 Å². The molecule has 206 valence electrons. The molecule has 4 atom stereocenters. The standard InChI is InChI=1S/C34H23FN2O5/c35-23-13-15-24(16-14-23)36-32(39)28-27-19-12-20-6-4-5-9-26(20)37(27)30(29(28)33(36)40)34(41)42-25-17-10-22(11-18-25)31(38)21-7-2-1-3-8-21/h1-19,27-30H. The first-order chi connectivity index (χ1) is 20.4. The second-order valence-corrected chi connectivity index (χ2v) is 10.4. The summed E-state index contributed by atoms with van der Waals surface area (Å²) in [7, 11) is 0. The van der Waals surface area contributed by atoms with Crippen molar-refractivity contribution in [1.82, 2.24) is 0 Å². The van der Waals surface area contributed by atoms with Crippen molar-refractivity contribution in [3.05, 3.63) is 132 Å². The number of nitrogens with zero attached hydrogens (tertiary/aromatic N) is 2. The molecule has 4 unspecified atom stereocenters. The first-order valence-corrected chi connectivity index (χ1v) is 13.5. The van der Waals surface area contributed by atoms with Crippen molar-refractivity contribution in [3.63, 3.8) is 0 Å². The highest BCUT2D eigenvalue weighted by atomic mass is 19.1. The highest BCUT2D eigenvalue weighted by molar-refractivity contribution is 6.24. The number of rotatable bonds is 5. The minimum atomic E-state index is -1.10. The maximum absolute atomic E-state index is 13.9. The fourth-order valence-corrected chi connectivity index (χ4v) is 6.24. The third-order valence-corrected chi connectivity index (χ3v) is 8.11. The average Bonchev–Trinajstić information content (AvgIpc) is 3.50. The summed E-state index contributed by atoms with van der Waals surface area (Å²) in [6, 6.07) is 26.0. The summed E-state index contributed by atoms with van der Waals surface area (Å²) in [5.74, 6) is -3.99. The second kappa shape index (κ2) is 9.92. The topological polar surface area (TPSA) is 84.0 Å². The Hall–Kier alpha value is -5.37. The normalized spacial score (nSPS) is 22.0. The number of benzene rings is 4. The number of hydrogen-bond donors (Lipinski definition) is 0. The van der Waals surface area contributed by atoms with E-state index in [0.29, 0.717) is 11.1 Å². The van der Waals surface area contributed by atoms with Gasteiger partial charge in [0.25, 0.3) is 0 Å². The third kappa shape index (κ3) is 4.03. The molecule has 7 rings (SSSR count). The van der Waals surface area contributed by atoms with E-state index in [9.17, 15) is 23.6 Å². The van der Waals surface area contributed by atoms with E-state index in [2.05, 4.69) is 0 Å². The molecule has 42 heavy (non-hydrogen) atoms. The minimum Gasteiger partial charge on any atom is -0.425 e. The van der Waals surface area contributed by atoms with E-state index in [1.165, 1.54) is 36.4 Å². The highest BCUT2D eigenvalue weighted by Gasteiger charge is 2.65. The van der Waals surface area contributed by atoms with Gasteiger partial charge in [0, 0.05) is 16.8 Å². The van der Waals surface area contributed by atoms with E-state index in [1.807, 2.05) is 42.5 Å². The zero-order valence-electron chi connectivity index (χ0n) is 22.1. The summed E-state index contributed by atoms with van der Waals surface area (Å²) in [4.78, 5) is 57.2. The maximum Gasteiger partial charge on any atom is 0.335 e. The molecule has 0 N–H and O–H groups in total. The predicted molar refractivity (Wildman–Crippen MR) is 153 cm³/mol. The lowest BCUT2D eigenvalue weighted by Gasteiger charge is -2.36. The number of ketones is 1. The van der Waals surface area contributed by atoms with Gasteiger partial charge < -0.3 is 9.64 Å². The van der Waals surface area contributed by atoms with E-state index < -0.39 is 47.5 Å². The van der Waals surface area contributed by atoms with Gasteiger partial charge in [-0.2, -0.15) is 0 Å². The van der Waals surface area contributed by atoms with Crippen LogP contribution in [0.2, 0.25) is 0 Å². The quantitative estimate of drug-likeness (QED) is 0.148. The van der Waals surface area contributed by atoms with Crippen molar-refractivity contribution in [3.8, 4) is 5.75 Å². The van der Waals surface area contributed by atoms with E-state index >= 15 is 0 Å². The van der Waals surface area contributed by atoms with E-state index in [-0.39, 0.29) is 17.2 Å². The van der Waals surface area contributed by atoms with Crippen LogP contribution in [0.1, 0.15) is 21.5 Å². The molecule has 0 aliphatic carbocycles. The zero-order chi connectivity index (χ0) is 29.0. The molecule has 2 amide bonds. The van der Waals surface area contributed by atoms with Crippen LogP contribution in [0, 0.1) is 17.7 Å². The van der Waals surface area contributed by atoms with Crippen LogP contribution < -0.4 is 14.5 Å². The number of hydrogen-bond acceptors (Lipinski definition) is 6. The number of anilines is 2. The van der Waals surface area contributed by atoms with Gasteiger partial charge in [-0.15, -0.1) is 0 Å². The van der Waals surface area contributed by atoms with Gasteiger partial charge in [0.05, 0.1) is 23.6 Å². The zero-order valence-corrected chi connectivity index (χ0v) is 22.1. The predicted octanol–water partition coefficient (Wildman–Crippen LogP) is 5.05. The summed E-state index contributed by atoms with van der Waals surface area (Å²) in [6.45, 7) is 0. The van der Waals surface area contributed by atoms with Gasteiger partial charge in [-0.05, 0) is 60.2 Å². The largest absolute Gasteiger partial charge is 0.425 e. The summed E-state index contributed by atoms with van der Waals surface area (Å²) in [5.41, 5.74) is 2.80. The van der Waals surface area contributed by atoms with Gasteiger partial charge in [0.1, 0.15) is 17.6 Å². The molecule has 2 fully saturated rings. The minimum absolute atomic E-state index is 0.164. The Morgan fingerprint density at radius 2 is 1.36 bits per heavy atom. The number of imide groups is 1. The molecule has 3 aliphatic heterocycles. The van der Waals surface area contributed by atoms with Crippen molar-refractivity contribution in [1.29, 1.82) is 0 Å². The van der Waals surface area contributed by atoms with Gasteiger partial charge in [0.2, 0.25) is 11.8 Å². The Labute approximate surface area is 240 Å². The molecular formula is C34H23FN2O5. The Morgan fingerprint density at radius 1 is 0.714 bits per heavy atom. The Balaban J connectivity index is 1.22. The number of amides is 2. The lowest BCUT2D eigenvalue weighted by atomic mass is 9.89. The third-order valence-electron chi connectivity index (χ3n) is 8.11. The summed E-state index contributed by atoms with van der Waals surface area (Å²) in [6.07, 6.45) is 3.73. The number of ether oxygens (including phenoxy) is 1. The molecule has 4 aromatic carbocycles. The molecule has 0 spiro atoms. The second-order valence-electron chi connectivity index (χ2n) is 10.4. The van der Waals surface area contributed by atoms with Crippen LogP contribution in [0.5, 0.6) is 5.75 Å². The number of fused-ring (bicyclic) bond motifs is 5. The summed E-state index contributed by atoms with van der Waals surface area (Å²) in [5, 5.41) is 0. The maximum atomic E-state index is 13.9. The molecule has 4 aromatic rings. The smallest absolute Gasteiger partial charge is 0.335 e. The van der Waals surface area contributed by atoms with Crippen LogP contribution in [0.25, 0.3) is 6.08 Å². The van der Waals surface area contributed by atoms with Gasteiger partial charge in [-0.25, -0.2) is 14.1 Å². The van der Waals surface area contributed by atoms with Gasteiger partial charge in [-0.3, -0.25) is 14.4 Å². The number of esters is 1. The van der Waals surface area contributed by atoms with Gasteiger partial charge in [-0.1, -0.05) is 60.7 Å². The van der Waals surface area contributed by atoms with Crippen molar-refractivity contribution in [2.24, 2.45) is 11.8 Å². The highest BCUT2D eigenvalue weighted by Crippen LogP contribution is 2.49. The Morgan fingerprint density at radius 3 is 2.10 bits per heavy atom. The SMILES string of the molecule is O=C(c1ccccc1)c1ccc(OC(=O)C2C3C(=O)N(c4ccc(F)cc4)C(=O)C3C3C=Cc4ccccc4N32)cc1. The van der Waals surface area contributed by atoms with E-state index in [0.717, 1.165) is 16.2 Å². The molecule has 0 radical (unpaired) electrons. The first-order valence-electron chi connectivity index (χ1n) is 13.5. The Kier molecular flexibility index (Phi) is 6.04. The Bertz CT molecular complexity index is 1770. The average molecular weight is 559 g/mol. The van der Waals surface area contributed by atoms with Gasteiger partial charge >= 0.3 is 5.97 Å². The van der Waals surface area contributed by atoms with Crippen molar-refractivity contribution in [2.75, 3.05) is 9.80 Å². The number of para-hydroxylation sites is 1. The molecule has 3 aliphatic rings. The molecule has 2 saturated heterocycles. The van der Waals surface area contributed by atoms with E-state index in [1.54, 1.807) is 41.3 Å². The molecule has 3 heterocycles. The molecule has 8 heteroatoms. The molecule has 7 nitrogen and oxygen atoms in total. The van der Waals surface area contributed by atoms with Crippen LogP contribution in [0.4, 0.5) is 15.8 Å². The van der Waals surface area contributed by atoms with Gasteiger partial charge in [0.15, 0.2) is 5.78 Å². The first kappa shape index (κ1) is 25.6. The van der Waals surface area contributed by atoms with Crippen molar-refractivity contribution in [2.45, 2.75) is 12.1 Å². The fraction of sp³-hybridized carbons (Fsp3) is 0.118. The van der Waals surface area contributed by atoms with Crippen molar-refractivity contribution >= 4 is 41.0 Å².